The van der Waals surface area contributed by atoms with Crippen molar-refractivity contribution in [3.63, 3.8) is 0 Å². The molecule has 1 unspecified atom stereocenters. The van der Waals surface area contributed by atoms with Gasteiger partial charge in [0.2, 0.25) is 12.9 Å². The summed E-state index contributed by atoms with van der Waals surface area (Å²) < 4.78 is 30.2. The van der Waals surface area contributed by atoms with E-state index in [0.29, 0.717) is 16.4 Å². The third kappa shape index (κ3) is 4.22. The standard InChI is InChI=1S/C21H16FNO5S/c22-15-5-2-1-4-14(15)19(28-21(25)18-6-3-9-29-18)20(24)23-11-13-7-8-16-17(10-13)27-12-26-16/h1-10,19H,11-12H2,(H,23,24). The highest BCUT2D eigenvalue weighted by molar-refractivity contribution is 7.11. The number of thiophene rings is 1. The second-order valence-electron chi connectivity index (χ2n) is 6.19. The van der Waals surface area contributed by atoms with Gasteiger partial charge in [-0.15, -0.1) is 11.3 Å². The summed E-state index contributed by atoms with van der Waals surface area (Å²) in [5, 5.41) is 4.41. The SMILES string of the molecule is O=C(OC(C(=O)NCc1ccc2c(c1)OCO2)c1ccccc1F)c1cccs1. The molecule has 3 aromatic rings. The van der Waals surface area contributed by atoms with Gasteiger partial charge in [-0.2, -0.15) is 0 Å². The summed E-state index contributed by atoms with van der Waals surface area (Å²) in [5.74, 6) is -0.723. The van der Waals surface area contributed by atoms with Crippen molar-refractivity contribution in [2.45, 2.75) is 12.6 Å². The van der Waals surface area contributed by atoms with Crippen molar-refractivity contribution < 1.29 is 28.2 Å². The van der Waals surface area contributed by atoms with Gasteiger partial charge in [-0.05, 0) is 35.2 Å². The second-order valence-corrected chi connectivity index (χ2v) is 7.14. The van der Waals surface area contributed by atoms with E-state index in [2.05, 4.69) is 5.32 Å². The Labute approximate surface area is 169 Å². The van der Waals surface area contributed by atoms with Crippen LogP contribution in [0.2, 0.25) is 0 Å². The van der Waals surface area contributed by atoms with Crippen molar-refractivity contribution in [3.05, 3.63) is 81.8 Å². The Morgan fingerprint density at radius 2 is 1.93 bits per heavy atom. The van der Waals surface area contributed by atoms with Crippen LogP contribution in [0.4, 0.5) is 4.39 Å². The van der Waals surface area contributed by atoms with Gasteiger partial charge in [-0.1, -0.05) is 30.3 Å². The van der Waals surface area contributed by atoms with Gasteiger partial charge in [0.25, 0.3) is 5.91 Å². The van der Waals surface area contributed by atoms with Gasteiger partial charge in [0.1, 0.15) is 10.7 Å². The maximum absolute atomic E-state index is 14.3. The van der Waals surface area contributed by atoms with Crippen molar-refractivity contribution in [2.75, 3.05) is 6.79 Å². The number of amides is 1. The minimum absolute atomic E-state index is 0.0133. The van der Waals surface area contributed by atoms with Crippen LogP contribution in [-0.4, -0.2) is 18.7 Å². The molecule has 8 heteroatoms. The van der Waals surface area contributed by atoms with Gasteiger partial charge in [0.05, 0.1) is 0 Å². The molecule has 1 aromatic heterocycles. The first-order valence-electron chi connectivity index (χ1n) is 8.77. The normalized spacial score (nSPS) is 13.0. The van der Waals surface area contributed by atoms with E-state index in [1.54, 1.807) is 41.8 Å². The number of rotatable bonds is 6. The first-order chi connectivity index (χ1) is 14.1. The van der Waals surface area contributed by atoms with E-state index in [0.717, 1.165) is 5.56 Å². The third-order valence-electron chi connectivity index (χ3n) is 4.28. The van der Waals surface area contributed by atoms with Gasteiger partial charge in [-0.3, -0.25) is 4.79 Å². The van der Waals surface area contributed by atoms with Gasteiger partial charge >= 0.3 is 5.97 Å². The molecule has 1 aliphatic heterocycles. The smallest absolute Gasteiger partial charge is 0.349 e. The Hall–Kier alpha value is -3.39. The summed E-state index contributed by atoms with van der Waals surface area (Å²) in [5.41, 5.74) is 0.750. The fourth-order valence-corrected chi connectivity index (χ4v) is 3.44. The van der Waals surface area contributed by atoms with E-state index >= 15 is 0 Å². The number of esters is 1. The van der Waals surface area contributed by atoms with Crippen LogP contribution in [0.1, 0.15) is 26.9 Å². The van der Waals surface area contributed by atoms with Crippen LogP contribution in [0.3, 0.4) is 0 Å². The highest BCUT2D eigenvalue weighted by Crippen LogP contribution is 2.32. The maximum atomic E-state index is 14.3. The van der Waals surface area contributed by atoms with Crippen molar-refractivity contribution >= 4 is 23.2 Å². The molecular weight excluding hydrogens is 397 g/mol. The van der Waals surface area contributed by atoms with Gasteiger partial charge in [0, 0.05) is 12.1 Å². The average Bonchev–Trinajstić information content (AvgIpc) is 3.42. The number of carbonyl (C=O) groups excluding carboxylic acids is 2. The fourth-order valence-electron chi connectivity index (χ4n) is 2.84. The summed E-state index contributed by atoms with van der Waals surface area (Å²) >= 11 is 1.18. The molecule has 0 aliphatic carbocycles. The fraction of sp³-hybridized carbons (Fsp3) is 0.143. The zero-order valence-electron chi connectivity index (χ0n) is 15.1. The number of nitrogens with one attached hydrogen (secondary N) is 1. The van der Waals surface area contributed by atoms with Crippen LogP contribution >= 0.6 is 11.3 Å². The lowest BCUT2D eigenvalue weighted by Crippen LogP contribution is -2.32. The largest absolute Gasteiger partial charge is 0.454 e. The summed E-state index contributed by atoms with van der Waals surface area (Å²) in [7, 11) is 0. The van der Waals surface area contributed by atoms with E-state index < -0.39 is 23.8 Å². The quantitative estimate of drug-likeness (QED) is 0.622. The molecule has 6 nitrogen and oxygen atoms in total. The summed E-state index contributed by atoms with van der Waals surface area (Å²) in [6, 6.07) is 14.3. The van der Waals surface area contributed by atoms with Crippen LogP contribution in [0.15, 0.2) is 60.0 Å². The van der Waals surface area contributed by atoms with E-state index in [4.69, 9.17) is 14.2 Å². The lowest BCUT2D eigenvalue weighted by atomic mass is 10.1. The molecule has 1 N–H and O–H groups in total. The number of hydrogen-bond donors (Lipinski definition) is 1. The Balaban J connectivity index is 1.51. The zero-order valence-corrected chi connectivity index (χ0v) is 15.9. The van der Waals surface area contributed by atoms with E-state index in [1.807, 2.05) is 0 Å². The molecule has 0 saturated carbocycles. The van der Waals surface area contributed by atoms with Crippen LogP contribution < -0.4 is 14.8 Å². The molecular formula is C21H16FNO5S. The first-order valence-corrected chi connectivity index (χ1v) is 9.65. The van der Waals surface area contributed by atoms with E-state index in [1.165, 1.54) is 29.5 Å². The predicted octanol–water partition coefficient (Wildman–Crippen LogP) is 3.83. The Kier molecular flexibility index (Phi) is 5.44. The highest BCUT2D eigenvalue weighted by atomic mass is 32.1. The van der Waals surface area contributed by atoms with Crippen molar-refractivity contribution in [3.8, 4) is 11.5 Å². The number of hydrogen-bond acceptors (Lipinski definition) is 6. The number of carbonyl (C=O) groups is 2. The van der Waals surface area contributed by atoms with Crippen LogP contribution in [0.5, 0.6) is 11.5 Å². The zero-order chi connectivity index (χ0) is 20.2. The minimum atomic E-state index is -1.42. The maximum Gasteiger partial charge on any atom is 0.349 e. The molecule has 0 spiro atoms. The average molecular weight is 413 g/mol. The van der Waals surface area contributed by atoms with Gasteiger partial charge < -0.3 is 19.5 Å². The topological polar surface area (TPSA) is 73.9 Å². The highest BCUT2D eigenvalue weighted by Gasteiger charge is 2.28. The number of ether oxygens (including phenoxy) is 3. The summed E-state index contributed by atoms with van der Waals surface area (Å²) in [4.78, 5) is 25.5. The number of halogens is 1. The molecule has 0 fully saturated rings. The molecule has 2 aromatic carbocycles. The molecule has 1 amide bonds. The first kappa shape index (κ1) is 18.9. The third-order valence-corrected chi connectivity index (χ3v) is 5.13. The molecule has 1 atom stereocenters. The van der Waals surface area contributed by atoms with Crippen molar-refractivity contribution in [1.29, 1.82) is 0 Å². The van der Waals surface area contributed by atoms with Crippen molar-refractivity contribution in [1.82, 2.24) is 5.32 Å². The van der Waals surface area contributed by atoms with Crippen LogP contribution in [0, 0.1) is 5.82 Å². The molecule has 0 saturated heterocycles. The summed E-state index contributed by atoms with van der Waals surface area (Å²) in [6.07, 6.45) is -1.42. The minimum Gasteiger partial charge on any atom is -0.454 e. The second kappa shape index (κ2) is 8.32. The predicted molar refractivity (Wildman–Crippen MR) is 103 cm³/mol. The van der Waals surface area contributed by atoms with Crippen molar-refractivity contribution in [2.24, 2.45) is 0 Å². The molecule has 2 heterocycles. The molecule has 1 aliphatic rings. The van der Waals surface area contributed by atoms with Crippen LogP contribution in [-0.2, 0) is 16.1 Å². The summed E-state index contributed by atoms with van der Waals surface area (Å²) in [6.45, 7) is 0.302. The Morgan fingerprint density at radius 1 is 1.10 bits per heavy atom. The van der Waals surface area contributed by atoms with E-state index in [-0.39, 0.29) is 18.9 Å². The Bertz CT molecular complexity index is 1040. The van der Waals surface area contributed by atoms with Crippen LogP contribution in [0.25, 0.3) is 0 Å². The number of benzene rings is 2. The lowest BCUT2D eigenvalue weighted by molar-refractivity contribution is -0.130. The lowest BCUT2D eigenvalue weighted by Gasteiger charge is -2.18. The van der Waals surface area contributed by atoms with E-state index in [9.17, 15) is 14.0 Å². The molecule has 0 bridgehead atoms. The van der Waals surface area contributed by atoms with Gasteiger partial charge in [0.15, 0.2) is 11.5 Å². The molecule has 29 heavy (non-hydrogen) atoms. The number of fused-ring (bicyclic) bond motifs is 1. The molecule has 4 rings (SSSR count). The molecule has 0 radical (unpaired) electrons. The Morgan fingerprint density at radius 3 is 2.72 bits per heavy atom. The van der Waals surface area contributed by atoms with Gasteiger partial charge in [-0.25, -0.2) is 9.18 Å². The molecule has 148 valence electrons. The monoisotopic (exact) mass is 413 g/mol.